The van der Waals surface area contributed by atoms with Gasteiger partial charge in [-0.05, 0) is 124 Å². The number of carbonyl (C=O) groups is 3. The van der Waals surface area contributed by atoms with Crippen molar-refractivity contribution in [2.24, 2.45) is 33.0 Å². The monoisotopic (exact) mass is 660 g/mol. The number of ether oxygens (including phenoxy) is 1. The number of amides is 2. The van der Waals surface area contributed by atoms with Crippen LogP contribution < -0.4 is 10.6 Å². The molecule has 1 fully saturated rings. The average Bonchev–Trinajstić information content (AvgIpc) is 3.63. The van der Waals surface area contributed by atoms with Crippen molar-refractivity contribution in [1.82, 2.24) is 5.32 Å². The molecule has 1 saturated carbocycles. The second kappa shape index (κ2) is 15.8. The number of azo groups is 1. The molecule has 0 spiro atoms. The highest BCUT2D eigenvalue weighted by Gasteiger charge is 2.31. The number of nitrogens with zero attached hydrogens (tertiary/aromatic N) is 4. The van der Waals surface area contributed by atoms with Crippen LogP contribution in [0, 0.1) is 36.0 Å². The molecule has 0 bridgehead atoms. The van der Waals surface area contributed by atoms with Gasteiger partial charge in [0.2, 0.25) is 5.91 Å². The molecular weight excluding hydrogens is 616 g/mol. The molecule has 1 aliphatic heterocycles. The molecular formula is C39H44N6O4. The SMILES string of the molecule is Cc1ccc(C#N)cc1-c1ccc(C[C@H](CC(=O)C2CCC(CNC(=O)OC(C)(C)C)CC2)C(=O)Nc2ccc(C3=NCN=N3)cc2)cc1. The van der Waals surface area contributed by atoms with Crippen molar-refractivity contribution in [3.8, 4) is 17.2 Å². The van der Waals surface area contributed by atoms with Gasteiger partial charge in [0.05, 0.1) is 11.6 Å². The number of rotatable bonds is 11. The molecule has 10 nitrogen and oxygen atoms in total. The number of nitrogens with one attached hydrogen (secondary N) is 2. The van der Waals surface area contributed by atoms with E-state index >= 15 is 0 Å². The van der Waals surface area contributed by atoms with Crippen LogP contribution in [0.1, 0.15) is 75.1 Å². The predicted octanol–water partition coefficient (Wildman–Crippen LogP) is 7.79. The zero-order chi connectivity index (χ0) is 35.0. The lowest BCUT2D eigenvalue weighted by atomic mass is 9.77. The third-order valence-corrected chi connectivity index (χ3v) is 9.03. The van der Waals surface area contributed by atoms with Crippen LogP contribution in [0.2, 0.25) is 0 Å². The van der Waals surface area contributed by atoms with E-state index in [9.17, 15) is 19.6 Å². The highest BCUT2D eigenvalue weighted by molar-refractivity contribution is 6.01. The maximum atomic E-state index is 13.8. The van der Waals surface area contributed by atoms with E-state index in [2.05, 4.69) is 31.9 Å². The number of aryl methyl sites for hydroxylation is 1. The van der Waals surface area contributed by atoms with Crippen LogP contribution in [0.25, 0.3) is 11.1 Å². The van der Waals surface area contributed by atoms with Crippen LogP contribution >= 0.6 is 0 Å². The fourth-order valence-corrected chi connectivity index (χ4v) is 6.33. The third-order valence-electron chi connectivity index (χ3n) is 9.03. The van der Waals surface area contributed by atoms with Crippen LogP contribution in [0.15, 0.2) is 82.0 Å². The Hall–Kier alpha value is -5.17. The van der Waals surface area contributed by atoms with Gasteiger partial charge in [0, 0.05) is 36.1 Å². The minimum Gasteiger partial charge on any atom is -0.444 e. The number of anilines is 1. The van der Waals surface area contributed by atoms with E-state index < -0.39 is 17.6 Å². The van der Waals surface area contributed by atoms with E-state index in [1.165, 1.54) is 0 Å². The van der Waals surface area contributed by atoms with Crippen LogP contribution in [0.4, 0.5) is 10.5 Å². The number of amidine groups is 1. The van der Waals surface area contributed by atoms with Gasteiger partial charge >= 0.3 is 6.09 Å². The van der Waals surface area contributed by atoms with Gasteiger partial charge in [-0.25, -0.2) is 9.79 Å². The number of Topliss-reactive ketones (excluding diaryl/α,β-unsaturated/α-hetero) is 1. The molecule has 1 atom stereocenters. The lowest BCUT2D eigenvalue weighted by Crippen LogP contribution is -2.37. The summed E-state index contributed by atoms with van der Waals surface area (Å²) in [5, 5.41) is 23.2. The van der Waals surface area contributed by atoms with Gasteiger partial charge < -0.3 is 15.4 Å². The molecule has 3 aromatic carbocycles. The molecule has 0 aromatic heterocycles. The van der Waals surface area contributed by atoms with Crippen molar-refractivity contribution in [3.05, 3.63) is 89.0 Å². The summed E-state index contributed by atoms with van der Waals surface area (Å²) in [7, 11) is 0. The Labute approximate surface area is 288 Å². The number of hydrogen-bond acceptors (Lipinski definition) is 8. The van der Waals surface area contributed by atoms with E-state index in [0.29, 0.717) is 36.7 Å². The van der Waals surface area contributed by atoms with Crippen LogP contribution in [-0.4, -0.2) is 42.4 Å². The third kappa shape index (κ3) is 9.92. The summed E-state index contributed by atoms with van der Waals surface area (Å²) in [5.41, 5.74) is 5.48. The molecule has 2 amide bonds. The first-order valence-electron chi connectivity index (χ1n) is 16.9. The summed E-state index contributed by atoms with van der Waals surface area (Å²) in [6.45, 7) is 8.35. The first-order valence-corrected chi connectivity index (χ1v) is 16.9. The highest BCUT2D eigenvalue weighted by atomic mass is 16.6. The van der Waals surface area contributed by atoms with Gasteiger partial charge in [-0.2, -0.15) is 10.4 Å². The van der Waals surface area contributed by atoms with Crippen molar-refractivity contribution in [1.29, 1.82) is 5.26 Å². The first-order chi connectivity index (χ1) is 23.5. The van der Waals surface area contributed by atoms with Crippen molar-refractivity contribution >= 4 is 29.3 Å². The molecule has 2 N–H and O–H groups in total. The maximum Gasteiger partial charge on any atom is 0.407 e. The van der Waals surface area contributed by atoms with E-state index in [4.69, 9.17) is 4.74 Å². The lowest BCUT2D eigenvalue weighted by molar-refractivity contribution is -0.129. The van der Waals surface area contributed by atoms with E-state index in [1.807, 2.05) is 94.4 Å². The molecule has 1 heterocycles. The summed E-state index contributed by atoms with van der Waals surface area (Å²) < 4.78 is 5.35. The number of ketones is 1. The number of aliphatic imine (C=N–C) groups is 1. The number of benzene rings is 3. The summed E-state index contributed by atoms with van der Waals surface area (Å²) >= 11 is 0. The second-order valence-corrected chi connectivity index (χ2v) is 13.9. The summed E-state index contributed by atoms with van der Waals surface area (Å²) in [5.74, 6) is 0.0452. The predicted molar refractivity (Wildman–Crippen MR) is 189 cm³/mol. The molecule has 0 saturated heterocycles. The summed E-state index contributed by atoms with van der Waals surface area (Å²) in [4.78, 5) is 43.8. The molecule has 254 valence electrons. The molecule has 49 heavy (non-hydrogen) atoms. The van der Waals surface area contributed by atoms with Gasteiger partial charge in [0.15, 0.2) is 12.5 Å². The number of carbonyl (C=O) groups excluding carboxylic acids is 3. The zero-order valence-corrected chi connectivity index (χ0v) is 28.7. The molecule has 0 radical (unpaired) electrons. The van der Waals surface area contributed by atoms with E-state index in [1.54, 1.807) is 0 Å². The maximum absolute atomic E-state index is 13.8. The molecule has 3 aromatic rings. The fraction of sp³-hybridized carbons (Fsp3) is 0.410. The minimum atomic E-state index is -0.568. The molecule has 5 rings (SSSR count). The Morgan fingerprint density at radius 2 is 1.65 bits per heavy atom. The second-order valence-electron chi connectivity index (χ2n) is 13.9. The van der Waals surface area contributed by atoms with Gasteiger partial charge in [-0.3, -0.25) is 9.59 Å². The molecule has 10 heteroatoms. The van der Waals surface area contributed by atoms with E-state index in [0.717, 1.165) is 53.5 Å². The smallest absolute Gasteiger partial charge is 0.407 e. The number of alkyl carbamates (subject to hydrolysis) is 1. The normalized spacial score (nSPS) is 17.8. The van der Waals surface area contributed by atoms with Gasteiger partial charge in [0.1, 0.15) is 11.4 Å². The Kier molecular flexibility index (Phi) is 11.3. The minimum absolute atomic E-state index is 0.0965. The van der Waals surface area contributed by atoms with Crippen LogP contribution in [-0.2, 0) is 20.7 Å². The van der Waals surface area contributed by atoms with Gasteiger partial charge in [-0.1, -0.05) is 30.3 Å². The lowest BCUT2D eigenvalue weighted by Gasteiger charge is -2.29. The molecule has 0 unspecified atom stereocenters. The standard InChI is InChI=1S/C39H44N6O4/c1-25-5-6-28(22-40)20-34(25)29-11-7-26(8-12-29)19-32(37(47)44-33-17-15-31(16-18-33)36-42-24-43-45-36)21-35(46)30-13-9-27(10-14-30)23-41-38(48)49-39(2,3)4/h5-8,11-12,15-18,20,27,30,32H,9-10,13-14,19,21,23-24H2,1-4H3,(H,41,48)(H,44,47)/t27?,30?,32-/m1/s1. The van der Waals surface area contributed by atoms with Crippen molar-refractivity contribution < 1.29 is 19.1 Å². The fourth-order valence-electron chi connectivity index (χ4n) is 6.33. The first kappa shape index (κ1) is 35.1. The van der Waals surface area contributed by atoms with Crippen molar-refractivity contribution in [2.45, 2.75) is 71.8 Å². The Bertz CT molecular complexity index is 1760. The molecule has 1 aliphatic carbocycles. The average molecular weight is 661 g/mol. The summed E-state index contributed by atoms with van der Waals surface area (Å²) in [6, 6.07) is 23.1. The van der Waals surface area contributed by atoms with E-state index in [-0.39, 0.29) is 29.9 Å². The Morgan fingerprint density at radius 3 is 2.29 bits per heavy atom. The highest BCUT2D eigenvalue weighted by Crippen LogP contribution is 2.32. The topological polar surface area (TPSA) is 145 Å². The molecule has 2 aliphatic rings. The quantitative estimate of drug-likeness (QED) is 0.216. The van der Waals surface area contributed by atoms with Gasteiger partial charge in [-0.15, -0.1) is 5.11 Å². The van der Waals surface area contributed by atoms with Crippen molar-refractivity contribution in [3.63, 3.8) is 0 Å². The number of nitriles is 1. The largest absolute Gasteiger partial charge is 0.444 e. The van der Waals surface area contributed by atoms with Gasteiger partial charge in [0.25, 0.3) is 0 Å². The summed E-state index contributed by atoms with van der Waals surface area (Å²) in [6.07, 6.45) is 3.23. The van der Waals surface area contributed by atoms with Crippen LogP contribution in [0.3, 0.4) is 0 Å². The Balaban J connectivity index is 1.25. The number of hydrogen-bond donors (Lipinski definition) is 2. The zero-order valence-electron chi connectivity index (χ0n) is 28.7. The Morgan fingerprint density at radius 1 is 0.959 bits per heavy atom. The van der Waals surface area contributed by atoms with Crippen molar-refractivity contribution in [2.75, 3.05) is 18.5 Å². The van der Waals surface area contributed by atoms with Crippen LogP contribution in [0.5, 0.6) is 0 Å².